The molecule has 5 heteroatoms. The fraction of sp³-hybridized carbons (Fsp3) is 0.263. The lowest BCUT2D eigenvalue weighted by Gasteiger charge is -2.36. The van der Waals surface area contributed by atoms with Gasteiger partial charge in [0.05, 0.1) is 5.69 Å². The van der Waals surface area contributed by atoms with Crippen LogP contribution in [0.1, 0.15) is 12.5 Å². The van der Waals surface area contributed by atoms with Crippen molar-refractivity contribution in [2.75, 3.05) is 34.8 Å². The summed E-state index contributed by atoms with van der Waals surface area (Å²) in [5.41, 5.74) is 2.88. The van der Waals surface area contributed by atoms with E-state index in [1.165, 1.54) is 5.56 Å². The van der Waals surface area contributed by atoms with Gasteiger partial charge in [0.15, 0.2) is 5.82 Å². The SMILES string of the molecule is C=CCN1CCN(C(=O)Nc2ccc(CC)cc2)c2cccnc21. The Balaban J connectivity index is 1.79. The van der Waals surface area contributed by atoms with Crippen molar-refractivity contribution in [1.82, 2.24) is 4.98 Å². The van der Waals surface area contributed by atoms with Crippen LogP contribution in [0.3, 0.4) is 0 Å². The van der Waals surface area contributed by atoms with E-state index in [1.54, 1.807) is 11.1 Å². The molecule has 124 valence electrons. The lowest BCUT2D eigenvalue weighted by molar-refractivity contribution is 0.256. The maximum atomic E-state index is 12.7. The summed E-state index contributed by atoms with van der Waals surface area (Å²) in [4.78, 5) is 21.0. The van der Waals surface area contributed by atoms with Gasteiger partial charge >= 0.3 is 6.03 Å². The van der Waals surface area contributed by atoms with Crippen LogP contribution >= 0.6 is 0 Å². The molecule has 1 aliphatic rings. The first kappa shape index (κ1) is 16.1. The molecule has 0 bridgehead atoms. The van der Waals surface area contributed by atoms with Crippen molar-refractivity contribution in [2.45, 2.75) is 13.3 Å². The summed E-state index contributed by atoms with van der Waals surface area (Å²) < 4.78 is 0. The Hall–Kier alpha value is -2.82. The van der Waals surface area contributed by atoms with E-state index in [0.29, 0.717) is 6.54 Å². The highest BCUT2D eigenvalue weighted by atomic mass is 16.2. The lowest BCUT2D eigenvalue weighted by Crippen LogP contribution is -2.46. The third-order valence-corrected chi connectivity index (χ3v) is 4.16. The minimum atomic E-state index is -0.133. The number of benzene rings is 1. The average Bonchev–Trinajstić information content (AvgIpc) is 2.63. The van der Waals surface area contributed by atoms with E-state index in [1.807, 2.05) is 42.5 Å². The highest BCUT2D eigenvalue weighted by Gasteiger charge is 2.27. The number of nitrogens with one attached hydrogen (secondary N) is 1. The number of hydrogen-bond acceptors (Lipinski definition) is 3. The fourth-order valence-electron chi connectivity index (χ4n) is 2.85. The predicted octanol–water partition coefficient (Wildman–Crippen LogP) is 3.69. The molecule has 3 rings (SSSR count). The number of amides is 2. The molecule has 24 heavy (non-hydrogen) atoms. The topological polar surface area (TPSA) is 48.5 Å². The van der Waals surface area contributed by atoms with Gasteiger partial charge in [0.25, 0.3) is 0 Å². The Bertz CT molecular complexity index is 726. The molecular weight excluding hydrogens is 300 g/mol. The van der Waals surface area contributed by atoms with Crippen molar-refractivity contribution in [3.05, 3.63) is 60.8 Å². The third kappa shape index (κ3) is 3.25. The molecule has 1 aromatic heterocycles. The molecule has 5 nitrogen and oxygen atoms in total. The highest BCUT2D eigenvalue weighted by molar-refractivity contribution is 6.04. The quantitative estimate of drug-likeness (QED) is 0.873. The third-order valence-electron chi connectivity index (χ3n) is 4.16. The highest BCUT2D eigenvalue weighted by Crippen LogP contribution is 2.30. The summed E-state index contributed by atoms with van der Waals surface area (Å²) in [7, 11) is 0. The molecule has 2 heterocycles. The first-order chi connectivity index (χ1) is 11.7. The van der Waals surface area contributed by atoms with Gasteiger partial charge in [-0.15, -0.1) is 6.58 Å². The van der Waals surface area contributed by atoms with Crippen molar-refractivity contribution in [1.29, 1.82) is 0 Å². The molecule has 0 fully saturated rings. The standard InChI is InChI=1S/C19H22N4O/c1-3-12-22-13-14-23(17-6-5-11-20-18(17)22)19(24)21-16-9-7-15(4-2)8-10-16/h3,5-11H,1,4,12-14H2,2H3,(H,21,24). The van der Waals surface area contributed by atoms with Crippen LogP contribution in [0.5, 0.6) is 0 Å². The van der Waals surface area contributed by atoms with Gasteiger partial charge in [0.2, 0.25) is 0 Å². The van der Waals surface area contributed by atoms with Gasteiger partial charge in [-0.3, -0.25) is 4.90 Å². The summed E-state index contributed by atoms with van der Waals surface area (Å²) in [6, 6.07) is 11.6. The lowest BCUT2D eigenvalue weighted by atomic mass is 10.1. The zero-order chi connectivity index (χ0) is 16.9. The summed E-state index contributed by atoms with van der Waals surface area (Å²) in [5, 5.41) is 2.97. The molecule has 0 unspecified atom stereocenters. The molecule has 0 spiro atoms. The maximum absolute atomic E-state index is 12.7. The Kier molecular flexibility index (Phi) is 4.79. The molecule has 0 atom stereocenters. The molecule has 1 aromatic carbocycles. The number of carbonyl (C=O) groups is 1. The van der Waals surface area contributed by atoms with Gasteiger partial charge in [-0.1, -0.05) is 25.1 Å². The van der Waals surface area contributed by atoms with Gasteiger partial charge in [-0.05, 0) is 36.2 Å². The van der Waals surface area contributed by atoms with E-state index in [9.17, 15) is 4.79 Å². The fourth-order valence-corrected chi connectivity index (χ4v) is 2.85. The summed E-state index contributed by atoms with van der Waals surface area (Å²) in [6.45, 7) is 7.97. The normalized spacial score (nSPS) is 13.4. The molecule has 1 N–H and O–H groups in total. The minimum Gasteiger partial charge on any atom is -0.349 e. The Morgan fingerprint density at radius 1 is 1.29 bits per heavy atom. The number of carbonyl (C=O) groups excluding carboxylic acids is 1. The Morgan fingerprint density at radius 3 is 2.79 bits per heavy atom. The van der Waals surface area contributed by atoms with E-state index < -0.39 is 0 Å². The monoisotopic (exact) mass is 322 g/mol. The number of nitrogens with zero attached hydrogens (tertiary/aromatic N) is 3. The van der Waals surface area contributed by atoms with Crippen LogP contribution in [0, 0.1) is 0 Å². The van der Waals surface area contributed by atoms with E-state index in [0.717, 1.165) is 36.7 Å². The Morgan fingerprint density at radius 2 is 2.08 bits per heavy atom. The number of urea groups is 1. The van der Waals surface area contributed by atoms with Crippen LogP contribution in [0.25, 0.3) is 0 Å². The van der Waals surface area contributed by atoms with Crippen molar-refractivity contribution < 1.29 is 4.79 Å². The van der Waals surface area contributed by atoms with Crippen LogP contribution < -0.4 is 15.1 Å². The number of aryl methyl sites for hydroxylation is 1. The Labute approximate surface area is 142 Å². The van der Waals surface area contributed by atoms with Crippen LogP contribution in [-0.4, -0.2) is 30.6 Å². The maximum Gasteiger partial charge on any atom is 0.326 e. The number of hydrogen-bond donors (Lipinski definition) is 1. The van der Waals surface area contributed by atoms with Crippen molar-refractivity contribution in [3.63, 3.8) is 0 Å². The molecule has 0 saturated carbocycles. The zero-order valence-corrected chi connectivity index (χ0v) is 13.9. The zero-order valence-electron chi connectivity index (χ0n) is 13.9. The molecule has 1 aliphatic heterocycles. The number of anilines is 3. The second-order valence-electron chi connectivity index (χ2n) is 5.71. The number of pyridine rings is 1. The van der Waals surface area contributed by atoms with Gasteiger partial charge < -0.3 is 10.2 Å². The molecule has 0 aliphatic carbocycles. The van der Waals surface area contributed by atoms with Gasteiger partial charge in [0.1, 0.15) is 0 Å². The summed E-state index contributed by atoms with van der Waals surface area (Å²) >= 11 is 0. The molecule has 2 aromatic rings. The van der Waals surface area contributed by atoms with E-state index in [4.69, 9.17) is 0 Å². The van der Waals surface area contributed by atoms with Crippen LogP contribution in [0.2, 0.25) is 0 Å². The second kappa shape index (κ2) is 7.17. The number of rotatable bonds is 4. The van der Waals surface area contributed by atoms with E-state index in [2.05, 4.69) is 28.7 Å². The first-order valence-electron chi connectivity index (χ1n) is 8.21. The van der Waals surface area contributed by atoms with Gasteiger partial charge in [0, 0.05) is 31.5 Å². The van der Waals surface area contributed by atoms with Crippen LogP contribution in [-0.2, 0) is 6.42 Å². The van der Waals surface area contributed by atoms with Crippen molar-refractivity contribution in [3.8, 4) is 0 Å². The average molecular weight is 322 g/mol. The first-order valence-corrected chi connectivity index (χ1v) is 8.21. The number of aromatic nitrogens is 1. The smallest absolute Gasteiger partial charge is 0.326 e. The molecule has 0 radical (unpaired) electrons. The van der Waals surface area contributed by atoms with E-state index in [-0.39, 0.29) is 6.03 Å². The van der Waals surface area contributed by atoms with Gasteiger partial charge in [-0.25, -0.2) is 9.78 Å². The second-order valence-corrected chi connectivity index (χ2v) is 5.71. The van der Waals surface area contributed by atoms with Crippen LogP contribution in [0.15, 0.2) is 55.3 Å². The molecular formula is C19H22N4O. The summed E-state index contributed by atoms with van der Waals surface area (Å²) in [6.07, 6.45) is 4.59. The van der Waals surface area contributed by atoms with E-state index >= 15 is 0 Å². The molecule has 2 amide bonds. The van der Waals surface area contributed by atoms with Crippen LogP contribution in [0.4, 0.5) is 22.0 Å². The van der Waals surface area contributed by atoms with Gasteiger partial charge in [-0.2, -0.15) is 0 Å². The minimum absolute atomic E-state index is 0.133. The largest absolute Gasteiger partial charge is 0.349 e. The molecule has 0 saturated heterocycles. The predicted molar refractivity (Wildman–Crippen MR) is 98.8 cm³/mol. The summed E-state index contributed by atoms with van der Waals surface area (Å²) in [5.74, 6) is 0.820. The number of fused-ring (bicyclic) bond motifs is 1. The van der Waals surface area contributed by atoms with Crippen molar-refractivity contribution in [2.24, 2.45) is 0 Å². The van der Waals surface area contributed by atoms with Crippen molar-refractivity contribution >= 4 is 23.2 Å².